The van der Waals surface area contributed by atoms with Gasteiger partial charge in [0.15, 0.2) is 5.82 Å². The molecule has 2 aromatic carbocycles. The summed E-state index contributed by atoms with van der Waals surface area (Å²) in [5, 5.41) is 12.6. The third-order valence-corrected chi connectivity index (χ3v) is 5.54. The fourth-order valence-corrected chi connectivity index (χ4v) is 3.90. The largest absolute Gasteiger partial charge is 0.420 e. The van der Waals surface area contributed by atoms with Crippen molar-refractivity contribution < 1.29 is 22.4 Å². The van der Waals surface area contributed by atoms with Crippen LogP contribution in [0.5, 0.6) is 0 Å². The Balaban J connectivity index is 1.86. The molecular weight excluding hydrogens is 574 g/mol. The number of nitrogens with zero attached hydrogens (tertiary/aromatic N) is 2. The Hall–Kier alpha value is -3.12. The van der Waals surface area contributed by atoms with Crippen molar-refractivity contribution in [2.75, 3.05) is 10.7 Å². The van der Waals surface area contributed by atoms with Gasteiger partial charge in [0.25, 0.3) is 5.91 Å². The Labute approximate surface area is 201 Å². The normalized spacial score (nSPS) is 11.5. The Bertz CT molecular complexity index is 1250. The summed E-state index contributed by atoms with van der Waals surface area (Å²) >= 11 is 6.59. The van der Waals surface area contributed by atoms with E-state index >= 15 is 0 Å². The van der Waals surface area contributed by atoms with Gasteiger partial charge in [-0.25, -0.2) is 9.37 Å². The molecule has 0 saturated carbocycles. The minimum Gasteiger partial charge on any atom is -0.321 e. The van der Waals surface area contributed by atoms with Crippen LogP contribution in [0.4, 0.5) is 29.1 Å². The lowest BCUT2D eigenvalue weighted by atomic mass is 10.0. The van der Waals surface area contributed by atoms with E-state index in [9.17, 15) is 22.4 Å². The first kappa shape index (κ1) is 24.5. The molecule has 0 aliphatic rings. The first-order valence-electron chi connectivity index (χ1n) is 9.02. The fourth-order valence-electron chi connectivity index (χ4n) is 2.76. The smallest absolute Gasteiger partial charge is 0.321 e. The van der Waals surface area contributed by atoms with Crippen molar-refractivity contribution in [3.05, 3.63) is 74.6 Å². The van der Waals surface area contributed by atoms with Crippen LogP contribution >= 0.6 is 31.9 Å². The van der Waals surface area contributed by atoms with Crippen molar-refractivity contribution in [3.63, 3.8) is 0 Å². The van der Waals surface area contributed by atoms with Gasteiger partial charge >= 0.3 is 6.18 Å². The molecule has 0 saturated heterocycles. The number of nitrogens with one attached hydrogen (secondary N) is 3. The second-order valence-corrected chi connectivity index (χ2v) is 8.16. The highest BCUT2D eigenvalue weighted by Gasteiger charge is 2.35. The van der Waals surface area contributed by atoms with Crippen LogP contribution in [0.2, 0.25) is 0 Å². The van der Waals surface area contributed by atoms with Gasteiger partial charge in [-0.05, 0) is 57.4 Å². The molecule has 1 heterocycles. The maximum absolute atomic E-state index is 13.4. The summed E-state index contributed by atoms with van der Waals surface area (Å²) in [4.78, 5) is 16.4. The number of rotatable bonds is 6. The van der Waals surface area contributed by atoms with Crippen LogP contribution in [0.3, 0.4) is 0 Å². The Morgan fingerprint density at radius 3 is 2.48 bits per heavy atom. The first-order chi connectivity index (χ1) is 15.6. The van der Waals surface area contributed by atoms with E-state index in [0.29, 0.717) is 20.1 Å². The number of aromatic nitrogens is 1. The fraction of sp³-hybridized carbons (Fsp3) is 0.0476. The van der Waals surface area contributed by atoms with Gasteiger partial charge in [0.1, 0.15) is 11.4 Å². The minimum atomic E-state index is -4.76. The topological polar surface area (TPSA) is 90.2 Å². The number of amides is 1. The van der Waals surface area contributed by atoms with Crippen molar-refractivity contribution in [1.82, 2.24) is 4.98 Å². The van der Waals surface area contributed by atoms with E-state index in [-0.39, 0.29) is 11.3 Å². The molecule has 1 amide bonds. The predicted octanol–water partition coefficient (Wildman–Crippen LogP) is 6.73. The minimum absolute atomic E-state index is 0.170. The van der Waals surface area contributed by atoms with Crippen molar-refractivity contribution in [2.45, 2.75) is 6.18 Å². The molecule has 3 aromatic rings. The predicted molar refractivity (Wildman–Crippen MR) is 125 cm³/mol. The van der Waals surface area contributed by atoms with E-state index in [1.54, 1.807) is 18.2 Å². The lowest BCUT2D eigenvalue weighted by Gasteiger charge is -2.14. The van der Waals surface area contributed by atoms with Crippen LogP contribution in [-0.4, -0.2) is 23.3 Å². The number of anilines is 2. The van der Waals surface area contributed by atoms with E-state index in [4.69, 9.17) is 5.41 Å². The number of hydrogen-bond donors (Lipinski definition) is 3. The third-order valence-electron chi connectivity index (χ3n) is 4.23. The van der Waals surface area contributed by atoms with Gasteiger partial charge in [-0.15, -0.1) is 0 Å². The summed E-state index contributed by atoms with van der Waals surface area (Å²) in [6.45, 7) is 0. The van der Waals surface area contributed by atoms with Crippen molar-refractivity contribution in [3.8, 4) is 11.1 Å². The van der Waals surface area contributed by atoms with E-state index < -0.39 is 29.3 Å². The number of benzene rings is 2. The second-order valence-electron chi connectivity index (χ2n) is 6.45. The van der Waals surface area contributed by atoms with Gasteiger partial charge in [-0.3, -0.25) is 10.2 Å². The van der Waals surface area contributed by atoms with Crippen LogP contribution in [0.25, 0.3) is 11.1 Å². The second kappa shape index (κ2) is 10.2. The number of pyridine rings is 1. The lowest BCUT2D eigenvalue weighted by molar-refractivity contribution is -0.137. The standard InChI is InChI=1S/C21H13Br2F4N5O/c22-17-7-11(14-4-2-12(24)8-18(14)23)1-3-15(17)20(33)31-13-9-16(21(25,26)27)19(29-10-13)32-30-6-5-28/h1-10,28H,(H,29,32)(H,31,33)/b28-5?,30-6-. The molecule has 0 unspecified atom stereocenters. The molecule has 12 heteroatoms. The van der Waals surface area contributed by atoms with Gasteiger partial charge in [0.05, 0.1) is 23.7 Å². The average molecular weight is 587 g/mol. The molecule has 0 spiro atoms. The number of alkyl halides is 3. The highest BCUT2D eigenvalue weighted by atomic mass is 79.9. The average Bonchev–Trinajstić information content (AvgIpc) is 2.74. The van der Waals surface area contributed by atoms with Gasteiger partial charge in [-0.1, -0.05) is 28.1 Å². The number of hydrogen-bond acceptors (Lipinski definition) is 5. The van der Waals surface area contributed by atoms with Crippen molar-refractivity contribution in [2.24, 2.45) is 5.10 Å². The van der Waals surface area contributed by atoms with Gasteiger partial charge in [0.2, 0.25) is 0 Å². The Morgan fingerprint density at radius 1 is 1.09 bits per heavy atom. The summed E-state index contributed by atoms with van der Waals surface area (Å²) in [6.07, 6.45) is -1.98. The number of halogens is 6. The molecule has 170 valence electrons. The zero-order chi connectivity index (χ0) is 24.2. The van der Waals surface area contributed by atoms with Gasteiger partial charge in [0, 0.05) is 15.2 Å². The monoisotopic (exact) mass is 585 g/mol. The number of carbonyl (C=O) groups is 1. The molecule has 1 aromatic heterocycles. The van der Waals surface area contributed by atoms with Crippen LogP contribution in [0, 0.1) is 11.2 Å². The van der Waals surface area contributed by atoms with Gasteiger partial charge < -0.3 is 10.7 Å². The molecule has 0 aliphatic carbocycles. The molecular formula is C21H13Br2F4N5O. The summed E-state index contributed by atoms with van der Waals surface area (Å²) in [5.41, 5.74) is 2.34. The molecule has 0 fully saturated rings. The van der Waals surface area contributed by atoms with Crippen molar-refractivity contribution in [1.29, 1.82) is 5.41 Å². The summed E-state index contributed by atoms with van der Waals surface area (Å²) in [6, 6.07) is 9.67. The molecule has 0 bridgehead atoms. The zero-order valence-electron chi connectivity index (χ0n) is 16.3. The van der Waals surface area contributed by atoms with Crippen LogP contribution in [-0.2, 0) is 6.18 Å². The molecule has 3 rings (SSSR count). The summed E-state index contributed by atoms with van der Waals surface area (Å²) in [7, 11) is 0. The van der Waals surface area contributed by atoms with Crippen molar-refractivity contribution >= 4 is 61.7 Å². The quantitative estimate of drug-likeness (QED) is 0.170. The number of carbonyl (C=O) groups excluding carboxylic acids is 1. The van der Waals surface area contributed by atoms with E-state index in [2.05, 4.69) is 52.7 Å². The highest BCUT2D eigenvalue weighted by Crippen LogP contribution is 2.36. The van der Waals surface area contributed by atoms with E-state index in [1.165, 1.54) is 18.2 Å². The molecule has 0 aliphatic heterocycles. The van der Waals surface area contributed by atoms with Gasteiger partial charge in [-0.2, -0.15) is 18.3 Å². The Kier molecular flexibility index (Phi) is 7.59. The van der Waals surface area contributed by atoms with Crippen LogP contribution in [0.15, 0.2) is 62.7 Å². The molecule has 0 radical (unpaired) electrons. The highest BCUT2D eigenvalue weighted by molar-refractivity contribution is 9.11. The maximum atomic E-state index is 13.4. The van der Waals surface area contributed by atoms with Crippen LogP contribution in [0.1, 0.15) is 15.9 Å². The maximum Gasteiger partial charge on any atom is 0.420 e. The molecule has 0 atom stereocenters. The zero-order valence-corrected chi connectivity index (χ0v) is 19.5. The SMILES string of the molecule is N=C/C=N\Nc1ncc(NC(=O)c2ccc(-c3ccc(F)cc3Br)cc2Br)cc1C(F)(F)F. The summed E-state index contributed by atoms with van der Waals surface area (Å²) in [5.74, 6) is -1.65. The van der Waals surface area contributed by atoms with E-state index in [1.807, 2.05) is 0 Å². The number of hydrazone groups is 1. The molecule has 33 heavy (non-hydrogen) atoms. The summed E-state index contributed by atoms with van der Waals surface area (Å²) < 4.78 is 54.4. The molecule has 6 nitrogen and oxygen atoms in total. The Morgan fingerprint density at radius 2 is 1.85 bits per heavy atom. The third kappa shape index (κ3) is 6.02. The molecule has 3 N–H and O–H groups in total. The lowest BCUT2D eigenvalue weighted by Crippen LogP contribution is -2.15. The van der Waals surface area contributed by atoms with E-state index in [0.717, 1.165) is 24.7 Å². The first-order valence-corrected chi connectivity index (χ1v) is 10.6. The van der Waals surface area contributed by atoms with Crippen LogP contribution < -0.4 is 10.7 Å².